The summed E-state index contributed by atoms with van der Waals surface area (Å²) in [5, 5.41) is 21.2. The zero-order valence-electron chi connectivity index (χ0n) is 18.0. The molecule has 1 N–H and O–H groups in total. The van der Waals surface area contributed by atoms with E-state index in [0.29, 0.717) is 17.6 Å². The Morgan fingerprint density at radius 1 is 1.13 bits per heavy atom. The first-order valence-corrected chi connectivity index (χ1v) is 10.1. The Hall–Kier alpha value is -3.33. The lowest BCUT2D eigenvalue weighted by molar-refractivity contribution is 0.100. The van der Waals surface area contributed by atoms with Crippen LogP contribution < -0.4 is 5.56 Å². The first-order chi connectivity index (χ1) is 14.2. The second-order valence-corrected chi connectivity index (χ2v) is 7.74. The minimum absolute atomic E-state index is 0.0563. The highest BCUT2D eigenvalue weighted by molar-refractivity contribution is 6.13. The predicted molar refractivity (Wildman–Crippen MR) is 115 cm³/mol. The molecule has 3 rings (SSSR count). The SMILES string of the molecule is CCCCCn1c(O)c(C(=O)c2oc3c(C)c(C)ccc3c2C)c(C)c(C#N)c1=O. The Kier molecular flexibility index (Phi) is 5.84. The molecule has 0 spiro atoms. The van der Waals surface area contributed by atoms with Crippen molar-refractivity contribution in [2.24, 2.45) is 0 Å². The molecule has 0 fully saturated rings. The molecule has 6 heteroatoms. The van der Waals surface area contributed by atoms with Crippen molar-refractivity contribution in [3.8, 4) is 11.9 Å². The van der Waals surface area contributed by atoms with Gasteiger partial charge in [0.2, 0.25) is 11.7 Å². The second kappa shape index (κ2) is 8.19. The van der Waals surface area contributed by atoms with Gasteiger partial charge < -0.3 is 9.52 Å². The van der Waals surface area contributed by atoms with Crippen molar-refractivity contribution in [2.45, 2.75) is 60.4 Å². The first-order valence-electron chi connectivity index (χ1n) is 10.1. The molecule has 6 nitrogen and oxygen atoms in total. The van der Waals surface area contributed by atoms with Gasteiger partial charge in [0.25, 0.3) is 5.56 Å². The van der Waals surface area contributed by atoms with Gasteiger partial charge in [0.1, 0.15) is 17.2 Å². The molecule has 0 amide bonds. The number of benzene rings is 1. The van der Waals surface area contributed by atoms with Gasteiger partial charge in [-0.1, -0.05) is 31.9 Å². The summed E-state index contributed by atoms with van der Waals surface area (Å²) in [4.78, 5) is 26.1. The van der Waals surface area contributed by atoms with Gasteiger partial charge in [-0.05, 0) is 50.8 Å². The minimum atomic E-state index is -0.576. The van der Waals surface area contributed by atoms with Gasteiger partial charge >= 0.3 is 0 Å². The summed E-state index contributed by atoms with van der Waals surface area (Å²) < 4.78 is 7.07. The number of pyridine rings is 1. The molecule has 0 aliphatic rings. The molecule has 2 heterocycles. The van der Waals surface area contributed by atoms with Crippen LogP contribution in [0.15, 0.2) is 21.3 Å². The van der Waals surface area contributed by atoms with Crippen molar-refractivity contribution in [3.05, 3.63) is 61.6 Å². The Balaban J connectivity index is 2.24. The summed E-state index contributed by atoms with van der Waals surface area (Å²) in [7, 11) is 0. The predicted octanol–water partition coefficient (Wildman–Crippen LogP) is 4.83. The smallest absolute Gasteiger partial charge is 0.271 e. The van der Waals surface area contributed by atoms with Crippen molar-refractivity contribution >= 4 is 16.8 Å². The molecule has 0 radical (unpaired) electrons. The van der Waals surface area contributed by atoms with Gasteiger partial charge in [0.05, 0.1) is 5.56 Å². The third kappa shape index (κ3) is 3.30. The molecule has 1 aromatic carbocycles. The van der Waals surface area contributed by atoms with Crippen LogP contribution in [0.5, 0.6) is 5.88 Å². The fraction of sp³-hybridized carbons (Fsp3) is 0.375. The van der Waals surface area contributed by atoms with Crippen LogP contribution >= 0.6 is 0 Å². The number of hydrogen-bond donors (Lipinski definition) is 1. The maximum atomic E-state index is 13.5. The van der Waals surface area contributed by atoms with Crippen molar-refractivity contribution < 1.29 is 14.3 Å². The molecule has 0 bridgehead atoms. The van der Waals surface area contributed by atoms with Gasteiger partial charge in [-0.2, -0.15) is 5.26 Å². The number of aromatic hydroxyl groups is 1. The number of carbonyl (C=O) groups excluding carboxylic acids is 1. The summed E-state index contributed by atoms with van der Waals surface area (Å²) in [5.41, 5.74) is 2.69. The topological polar surface area (TPSA) is 96.2 Å². The molecule has 0 unspecified atom stereocenters. The van der Waals surface area contributed by atoms with Gasteiger partial charge in [-0.25, -0.2) is 0 Å². The summed E-state index contributed by atoms with van der Waals surface area (Å²) in [5.74, 6) is -0.832. The molecule has 0 saturated carbocycles. The van der Waals surface area contributed by atoms with Gasteiger partial charge in [-0.3, -0.25) is 14.2 Å². The second-order valence-electron chi connectivity index (χ2n) is 7.74. The van der Waals surface area contributed by atoms with Crippen LogP contribution in [-0.4, -0.2) is 15.5 Å². The van der Waals surface area contributed by atoms with E-state index in [0.717, 1.165) is 33.9 Å². The monoisotopic (exact) mass is 406 g/mol. The fourth-order valence-electron chi connectivity index (χ4n) is 3.80. The van der Waals surface area contributed by atoms with Crippen LogP contribution in [0.25, 0.3) is 11.0 Å². The number of hydrogen-bond acceptors (Lipinski definition) is 5. The normalized spacial score (nSPS) is 11.1. The number of fused-ring (bicyclic) bond motifs is 1. The maximum Gasteiger partial charge on any atom is 0.271 e. The maximum absolute atomic E-state index is 13.5. The third-order valence-corrected chi connectivity index (χ3v) is 5.84. The molecule has 0 aliphatic carbocycles. The Morgan fingerprint density at radius 2 is 1.83 bits per heavy atom. The molecular weight excluding hydrogens is 380 g/mol. The number of unbranched alkanes of at least 4 members (excludes halogenated alkanes) is 2. The highest BCUT2D eigenvalue weighted by atomic mass is 16.3. The quantitative estimate of drug-likeness (QED) is 0.467. The third-order valence-electron chi connectivity index (χ3n) is 5.84. The number of aromatic nitrogens is 1. The molecule has 0 atom stereocenters. The van der Waals surface area contributed by atoms with Gasteiger partial charge in [0, 0.05) is 17.5 Å². The van der Waals surface area contributed by atoms with Crippen LogP contribution in [-0.2, 0) is 6.54 Å². The molecule has 3 aromatic rings. The van der Waals surface area contributed by atoms with Gasteiger partial charge in [0.15, 0.2) is 5.76 Å². The fourth-order valence-corrected chi connectivity index (χ4v) is 3.80. The average Bonchev–Trinajstić information content (AvgIpc) is 3.05. The van der Waals surface area contributed by atoms with E-state index in [1.807, 2.05) is 39.0 Å². The Bertz CT molecular complexity index is 1260. The number of nitriles is 1. The van der Waals surface area contributed by atoms with E-state index in [2.05, 4.69) is 0 Å². The van der Waals surface area contributed by atoms with E-state index >= 15 is 0 Å². The Morgan fingerprint density at radius 3 is 2.47 bits per heavy atom. The molecular formula is C24H26N2O4. The zero-order chi connectivity index (χ0) is 22.2. The molecule has 0 saturated heterocycles. The van der Waals surface area contributed by atoms with Crippen LogP contribution in [0.3, 0.4) is 0 Å². The van der Waals surface area contributed by atoms with Gasteiger partial charge in [-0.15, -0.1) is 0 Å². The number of nitrogens with zero attached hydrogens (tertiary/aromatic N) is 2. The highest BCUT2D eigenvalue weighted by Crippen LogP contribution is 2.33. The lowest BCUT2D eigenvalue weighted by Crippen LogP contribution is -2.27. The van der Waals surface area contributed by atoms with Crippen LogP contribution in [0, 0.1) is 39.0 Å². The molecule has 156 valence electrons. The standard InChI is InChI=1S/C24H26N2O4/c1-6-7-8-11-26-23(28)18(12-25)15(4)19(24(26)29)20(27)22-16(5)17-10-9-13(2)14(3)21(17)30-22/h9-10,29H,6-8,11H2,1-5H3. The number of aryl methyl sites for hydroxylation is 3. The largest absolute Gasteiger partial charge is 0.494 e. The van der Waals surface area contributed by atoms with E-state index in [4.69, 9.17) is 4.42 Å². The number of carbonyl (C=O) groups is 1. The zero-order valence-corrected chi connectivity index (χ0v) is 18.0. The molecule has 0 aliphatic heterocycles. The van der Waals surface area contributed by atoms with E-state index in [-0.39, 0.29) is 29.0 Å². The van der Waals surface area contributed by atoms with E-state index < -0.39 is 17.2 Å². The molecule has 30 heavy (non-hydrogen) atoms. The lowest BCUT2D eigenvalue weighted by atomic mass is 9.98. The Labute approximate surface area is 175 Å². The van der Waals surface area contributed by atoms with E-state index in [1.165, 1.54) is 6.92 Å². The highest BCUT2D eigenvalue weighted by Gasteiger charge is 2.28. The summed E-state index contributed by atoms with van der Waals surface area (Å²) in [6.45, 7) is 9.47. The van der Waals surface area contributed by atoms with E-state index in [9.17, 15) is 20.0 Å². The summed E-state index contributed by atoms with van der Waals surface area (Å²) >= 11 is 0. The van der Waals surface area contributed by atoms with Crippen molar-refractivity contribution in [1.82, 2.24) is 4.57 Å². The van der Waals surface area contributed by atoms with Crippen molar-refractivity contribution in [1.29, 1.82) is 5.26 Å². The van der Waals surface area contributed by atoms with Crippen molar-refractivity contribution in [3.63, 3.8) is 0 Å². The lowest BCUT2D eigenvalue weighted by Gasteiger charge is -2.15. The summed E-state index contributed by atoms with van der Waals surface area (Å²) in [6.07, 6.45) is 2.47. The number of ketones is 1. The van der Waals surface area contributed by atoms with E-state index in [1.54, 1.807) is 6.92 Å². The molecule has 2 aromatic heterocycles. The average molecular weight is 406 g/mol. The van der Waals surface area contributed by atoms with Crippen molar-refractivity contribution in [2.75, 3.05) is 0 Å². The summed E-state index contributed by atoms with van der Waals surface area (Å²) in [6, 6.07) is 5.78. The number of furan rings is 1. The van der Waals surface area contributed by atoms with Crippen LogP contribution in [0.2, 0.25) is 0 Å². The minimum Gasteiger partial charge on any atom is -0.494 e. The first kappa shape index (κ1) is 21.4. The number of rotatable bonds is 6. The van der Waals surface area contributed by atoms with Crippen LogP contribution in [0.1, 0.15) is 70.1 Å². The van der Waals surface area contributed by atoms with Crippen LogP contribution in [0.4, 0.5) is 0 Å².